The van der Waals surface area contributed by atoms with Crippen LogP contribution in [0.25, 0.3) is 0 Å². The molecule has 3 aromatic carbocycles. The Bertz CT molecular complexity index is 1150. The van der Waals surface area contributed by atoms with Crippen molar-refractivity contribution < 1.29 is 13.2 Å². The van der Waals surface area contributed by atoms with Gasteiger partial charge in [0.15, 0.2) is 0 Å². The molecule has 0 aliphatic carbocycles. The second-order valence-electron chi connectivity index (χ2n) is 8.10. The largest absolute Gasteiger partial charge is 0.348 e. The van der Waals surface area contributed by atoms with Gasteiger partial charge in [0.1, 0.15) is 6.54 Å². The normalized spacial score (nSPS) is 12.2. The van der Waals surface area contributed by atoms with E-state index in [9.17, 15) is 13.2 Å². The lowest BCUT2D eigenvalue weighted by molar-refractivity contribution is -0.120. The smallest absolute Gasteiger partial charge is 0.264 e. The van der Waals surface area contributed by atoms with E-state index in [0.29, 0.717) is 12.1 Å². The molecule has 0 saturated carbocycles. The Hall–Kier alpha value is -3.12. The summed E-state index contributed by atoms with van der Waals surface area (Å²) < 4.78 is 28.1. The summed E-state index contributed by atoms with van der Waals surface area (Å²) in [5, 5.41) is 3.00. The van der Waals surface area contributed by atoms with Gasteiger partial charge < -0.3 is 5.32 Å². The van der Waals surface area contributed by atoms with Crippen LogP contribution in [0, 0.1) is 20.8 Å². The number of amides is 1. The van der Waals surface area contributed by atoms with Crippen LogP contribution in [0.3, 0.4) is 0 Å². The van der Waals surface area contributed by atoms with Gasteiger partial charge in [0.25, 0.3) is 10.0 Å². The van der Waals surface area contributed by atoms with Crippen molar-refractivity contribution in [3.8, 4) is 0 Å². The molecular weight excluding hydrogens is 420 g/mol. The molecule has 0 bridgehead atoms. The van der Waals surface area contributed by atoms with Gasteiger partial charge in [-0.25, -0.2) is 8.42 Å². The topological polar surface area (TPSA) is 66.5 Å². The molecule has 1 N–H and O–H groups in total. The number of rotatable bonds is 8. The lowest BCUT2D eigenvalue weighted by atomic mass is 10.0. The van der Waals surface area contributed by atoms with Crippen LogP contribution in [-0.4, -0.2) is 20.9 Å². The van der Waals surface area contributed by atoms with Gasteiger partial charge in [-0.3, -0.25) is 9.10 Å². The van der Waals surface area contributed by atoms with Gasteiger partial charge in [-0.2, -0.15) is 0 Å². The van der Waals surface area contributed by atoms with Crippen molar-refractivity contribution in [3.05, 3.63) is 95.1 Å². The number of nitrogens with zero attached hydrogens (tertiary/aromatic N) is 1. The van der Waals surface area contributed by atoms with Gasteiger partial charge in [0.05, 0.1) is 16.6 Å². The van der Waals surface area contributed by atoms with E-state index in [1.54, 1.807) is 36.4 Å². The van der Waals surface area contributed by atoms with Gasteiger partial charge in [-0.1, -0.05) is 72.1 Å². The third-order valence-electron chi connectivity index (χ3n) is 5.44. The highest BCUT2D eigenvalue weighted by atomic mass is 32.2. The summed E-state index contributed by atoms with van der Waals surface area (Å²) in [5.41, 5.74) is 4.57. The molecule has 5 nitrogen and oxygen atoms in total. The lowest BCUT2D eigenvalue weighted by Gasteiger charge is -2.26. The molecule has 0 radical (unpaired) electrons. The fraction of sp³-hybridized carbons (Fsp3) is 0.269. The minimum Gasteiger partial charge on any atom is -0.348 e. The van der Waals surface area contributed by atoms with Gasteiger partial charge in [-0.15, -0.1) is 0 Å². The highest BCUT2D eigenvalue weighted by molar-refractivity contribution is 7.92. The Morgan fingerprint density at radius 3 is 1.78 bits per heavy atom. The van der Waals surface area contributed by atoms with E-state index in [4.69, 9.17) is 0 Å². The van der Waals surface area contributed by atoms with E-state index in [0.717, 1.165) is 22.3 Å². The molecule has 3 aromatic rings. The molecular formula is C26H30N2O3S. The van der Waals surface area contributed by atoms with Gasteiger partial charge in [0.2, 0.25) is 5.91 Å². The number of benzene rings is 3. The number of aryl methyl sites for hydroxylation is 3. The molecule has 1 amide bonds. The standard InChI is InChI=1S/C26H30N2O3S/c1-5-25(22-12-6-19(2)7-13-22)27-26(29)18-28(23-14-8-20(3)9-15-23)32(30,31)24-16-10-21(4)11-17-24/h6-17,25H,5,18H2,1-4H3,(H,27,29). The molecule has 6 heteroatoms. The van der Waals surface area contributed by atoms with Crippen LogP contribution < -0.4 is 9.62 Å². The molecule has 0 saturated heterocycles. The third kappa shape index (κ3) is 5.56. The van der Waals surface area contributed by atoms with E-state index in [-0.39, 0.29) is 23.4 Å². The van der Waals surface area contributed by atoms with Crippen molar-refractivity contribution in [2.45, 2.75) is 45.1 Å². The zero-order chi connectivity index (χ0) is 23.3. The first-order valence-electron chi connectivity index (χ1n) is 10.7. The first-order chi connectivity index (χ1) is 15.2. The van der Waals surface area contributed by atoms with Gasteiger partial charge in [0, 0.05) is 0 Å². The van der Waals surface area contributed by atoms with Crippen molar-refractivity contribution in [2.24, 2.45) is 0 Å². The van der Waals surface area contributed by atoms with Crippen LogP contribution in [0.4, 0.5) is 5.69 Å². The highest BCUT2D eigenvalue weighted by Crippen LogP contribution is 2.25. The van der Waals surface area contributed by atoms with Crippen LogP contribution >= 0.6 is 0 Å². The van der Waals surface area contributed by atoms with Crippen LogP contribution in [-0.2, 0) is 14.8 Å². The average Bonchev–Trinajstić information content (AvgIpc) is 2.77. The Morgan fingerprint density at radius 1 is 0.812 bits per heavy atom. The molecule has 1 atom stereocenters. The summed E-state index contributed by atoms with van der Waals surface area (Å²) in [7, 11) is -3.92. The highest BCUT2D eigenvalue weighted by Gasteiger charge is 2.28. The maximum absolute atomic E-state index is 13.5. The summed E-state index contributed by atoms with van der Waals surface area (Å²) in [5.74, 6) is -0.353. The number of carbonyl (C=O) groups is 1. The molecule has 1 unspecified atom stereocenters. The van der Waals surface area contributed by atoms with E-state index < -0.39 is 10.0 Å². The fourth-order valence-electron chi connectivity index (χ4n) is 3.45. The zero-order valence-corrected chi connectivity index (χ0v) is 19.8. The van der Waals surface area contributed by atoms with Crippen molar-refractivity contribution in [1.29, 1.82) is 0 Å². The predicted molar refractivity (Wildman–Crippen MR) is 129 cm³/mol. The number of nitrogens with one attached hydrogen (secondary N) is 1. The van der Waals surface area contributed by atoms with Crippen LogP contribution in [0.5, 0.6) is 0 Å². The maximum atomic E-state index is 13.5. The number of hydrogen-bond donors (Lipinski definition) is 1. The minimum atomic E-state index is -3.92. The van der Waals surface area contributed by atoms with Gasteiger partial charge >= 0.3 is 0 Å². The molecule has 0 aliphatic rings. The van der Waals surface area contributed by atoms with Crippen molar-refractivity contribution >= 4 is 21.6 Å². The van der Waals surface area contributed by atoms with Crippen LogP contribution in [0.15, 0.2) is 77.7 Å². The van der Waals surface area contributed by atoms with Crippen LogP contribution in [0.1, 0.15) is 41.6 Å². The lowest BCUT2D eigenvalue weighted by Crippen LogP contribution is -2.42. The number of carbonyl (C=O) groups excluding carboxylic acids is 1. The van der Waals surface area contributed by atoms with Gasteiger partial charge in [-0.05, 0) is 57.0 Å². The van der Waals surface area contributed by atoms with Crippen LogP contribution in [0.2, 0.25) is 0 Å². The monoisotopic (exact) mass is 450 g/mol. The Labute approximate surface area is 191 Å². The number of anilines is 1. The van der Waals surface area contributed by atoms with Crippen molar-refractivity contribution in [1.82, 2.24) is 5.32 Å². The van der Waals surface area contributed by atoms with Crippen molar-refractivity contribution in [3.63, 3.8) is 0 Å². The van der Waals surface area contributed by atoms with E-state index in [1.165, 1.54) is 4.31 Å². The number of sulfonamides is 1. The quantitative estimate of drug-likeness (QED) is 0.521. The van der Waals surface area contributed by atoms with Crippen molar-refractivity contribution in [2.75, 3.05) is 10.8 Å². The van der Waals surface area contributed by atoms with E-state index >= 15 is 0 Å². The summed E-state index contributed by atoms with van der Waals surface area (Å²) in [6.07, 6.45) is 0.698. The summed E-state index contributed by atoms with van der Waals surface area (Å²) >= 11 is 0. The van der Waals surface area contributed by atoms with E-state index in [2.05, 4.69) is 5.32 Å². The summed E-state index contributed by atoms with van der Waals surface area (Å²) in [4.78, 5) is 13.2. The minimum absolute atomic E-state index is 0.155. The predicted octanol–water partition coefficient (Wildman–Crippen LogP) is 5.07. The fourth-order valence-corrected chi connectivity index (χ4v) is 4.87. The molecule has 3 rings (SSSR count). The summed E-state index contributed by atoms with van der Waals surface area (Å²) in [6.45, 7) is 7.53. The zero-order valence-electron chi connectivity index (χ0n) is 19.0. The molecule has 0 aromatic heterocycles. The Kier molecular flexibility index (Phi) is 7.36. The Morgan fingerprint density at radius 2 is 1.28 bits per heavy atom. The Balaban J connectivity index is 1.89. The number of hydrogen-bond acceptors (Lipinski definition) is 3. The third-order valence-corrected chi connectivity index (χ3v) is 7.23. The molecule has 32 heavy (non-hydrogen) atoms. The first kappa shape index (κ1) is 23.5. The second-order valence-corrected chi connectivity index (χ2v) is 9.96. The first-order valence-corrected chi connectivity index (χ1v) is 12.2. The second kappa shape index (κ2) is 10.0. The SMILES string of the molecule is CCC(NC(=O)CN(c1ccc(C)cc1)S(=O)(=O)c1ccc(C)cc1)c1ccc(C)cc1. The maximum Gasteiger partial charge on any atom is 0.264 e. The molecule has 0 aliphatic heterocycles. The summed E-state index contributed by atoms with van der Waals surface area (Å²) in [6, 6.07) is 21.6. The molecule has 0 spiro atoms. The average molecular weight is 451 g/mol. The molecule has 0 heterocycles. The van der Waals surface area contributed by atoms with E-state index in [1.807, 2.05) is 64.1 Å². The molecule has 168 valence electrons. The molecule has 0 fully saturated rings.